The third-order valence-corrected chi connectivity index (χ3v) is 2.28. The van der Waals surface area contributed by atoms with Crippen LogP contribution in [0.2, 0.25) is 0 Å². The van der Waals surface area contributed by atoms with Crippen LogP contribution in [0.15, 0.2) is 11.6 Å². The molecule has 0 fully saturated rings. The predicted molar refractivity (Wildman–Crippen MR) is 53.5 cm³/mol. The SMILES string of the molecule is CC(N)CCCNc1nccs1. The Hall–Kier alpha value is -0.610. The molecule has 1 heterocycles. The molecule has 0 aliphatic heterocycles. The lowest BCUT2D eigenvalue weighted by atomic mass is 10.2. The highest BCUT2D eigenvalue weighted by atomic mass is 32.1. The van der Waals surface area contributed by atoms with Crippen LogP contribution in [0.25, 0.3) is 0 Å². The summed E-state index contributed by atoms with van der Waals surface area (Å²) in [6.45, 7) is 3.00. The second-order valence-electron chi connectivity index (χ2n) is 2.88. The Morgan fingerprint density at radius 1 is 1.75 bits per heavy atom. The van der Waals surface area contributed by atoms with Gasteiger partial charge in [0, 0.05) is 24.2 Å². The van der Waals surface area contributed by atoms with Gasteiger partial charge in [0.25, 0.3) is 0 Å². The lowest BCUT2D eigenvalue weighted by Crippen LogP contribution is -2.16. The van der Waals surface area contributed by atoms with Gasteiger partial charge in [-0.25, -0.2) is 4.98 Å². The van der Waals surface area contributed by atoms with Crippen molar-refractivity contribution in [3.8, 4) is 0 Å². The van der Waals surface area contributed by atoms with Crippen LogP contribution in [0.4, 0.5) is 5.13 Å². The summed E-state index contributed by atoms with van der Waals surface area (Å²) in [7, 11) is 0. The summed E-state index contributed by atoms with van der Waals surface area (Å²) >= 11 is 1.63. The minimum Gasteiger partial charge on any atom is -0.362 e. The largest absolute Gasteiger partial charge is 0.362 e. The lowest BCUT2D eigenvalue weighted by Gasteiger charge is -2.04. The third kappa shape index (κ3) is 3.69. The van der Waals surface area contributed by atoms with Gasteiger partial charge in [0.2, 0.25) is 0 Å². The molecule has 1 aromatic heterocycles. The van der Waals surface area contributed by atoms with Crippen molar-refractivity contribution >= 4 is 16.5 Å². The maximum Gasteiger partial charge on any atom is 0.182 e. The summed E-state index contributed by atoms with van der Waals surface area (Å²) < 4.78 is 0. The van der Waals surface area contributed by atoms with Gasteiger partial charge in [0.15, 0.2) is 5.13 Å². The Morgan fingerprint density at radius 3 is 3.17 bits per heavy atom. The van der Waals surface area contributed by atoms with E-state index in [9.17, 15) is 0 Å². The van der Waals surface area contributed by atoms with Crippen molar-refractivity contribution in [3.63, 3.8) is 0 Å². The third-order valence-electron chi connectivity index (χ3n) is 1.54. The second kappa shape index (κ2) is 5.11. The van der Waals surface area contributed by atoms with Crippen molar-refractivity contribution in [2.45, 2.75) is 25.8 Å². The molecule has 3 N–H and O–H groups in total. The lowest BCUT2D eigenvalue weighted by molar-refractivity contribution is 0.639. The highest BCUT2D eigenvalue weighted by Gasteiger charge is 1.95. The molecule has 1 aromatic rings. The standard InChI is InChI=1S/C8H15N3S/c1-7(9)3-2-4-10-8-11-5-6-12-8/h5-7H,2-4,9H2,1H3,(H,10,11). The van der Waals surface area contributed by atoms with Crippen molar-refractivity contribution in [1.82, 2.24) is 4.98 Å². The smallest absolute Gasteiger partial charge is 0.182 e. The van der Waals surface area contributed by atoms with E-state index in [2.05, 4.69) is 10.3 Å². The van der Waals surface area contributed by atoms with Crippen LogP contribution in [0.1, 0.15) is 19.8 Å². The quantitative estimate of drug-likeness (QED) is 0.686. The molecule has 68 valence electrons. The highest BCUT2D eigenvalue weighted by Crippen LogP contribution is 2.09. The maximum atomic E-state index is 5.61. The summed E-state index contributed by atoms with van der Waals surface area (Å²) in [6, 6.07) is 0.308. The Labute approximate surface area is 77.0 Å². The van der Waals surface area contributed by atoms with Crippen molar-refractivity contribution in [2.75, 3.05) is 11.9 Å². The van der Waals surface area contributed by atoms with E-state index in [4.69, 9.17) is 5.73 Å². The fourth-order valence-electron chi connectivity index (χ4n) is 0.930. The summed E-state index contributed by atoms with van der Waals surface area (Å²) in [5.74, 6) is 0. The van der Waals surface area contributed by atoms with Gasteiger partial charge in [-0.1, -0.05) is 0 Å². The first-order valence-electron chi connectivity index (χ1n) is 4.18. The molecule has 3 nitrogen and oxygen atoms in total. The highest BCUT2D eigenvalue weighted by molar-refractivity contribution is 7.13. The first-order valence-corrected chi connectivity index (χ1v) is 5.06. The average molecular weight is 185 g/mol. The zero-order valence-electron chi connectivity index (χ0n) is 7.29. The molecular formula is C8H15N3S. The van der Waals surface area contributed by atoms with Gasteiger partial charge < -0.3 is 11.1 Å². The summed E-state index contributed by atoms with van der Waals surface area (Å²) in [5, 5.41) is 6.20. The summed E-state index contributed by atoms with van der Waals surface area (Å²) in [5.41, 5.74) is 5.61. The zero-order valence-corrected chi connectivity index (χ0v) is 8.10. The predicted octanol–water partition coefficient (Wildman–Crippen LogP) is 1.68. The fourth-order valence-corrected chi connectivity index (χ4v) is 1.49. The van der Waals surface area contributed by atoms with Crippen LogP contribution in [-0.2, 0) is 0 Å². The Balaban J connectivity index is 2.04. The van der Waals surface area contributed by atoms with E-state index in [-0.39, 0.29) is 0 Å². The monoisotopic (exact) mass is 185 g/mol. The number of nitrogens with two attached hydrogens (primary N) is 1. The number of nitrogens with one attached hydrogen (secondary N) is 1. The normalized spacial score (nSPS) is 12.8. The number of anilines is 1. The molecule has 0 saturated carbocycles. The molecule has 1 unspecified atom stereocenters. The van der Waals surface area contributed by atoms with Gasteiger partial charge in [-0.3, -0.25) is 0 Å². The number of hydrogen-bond donors (Lipinski definition) is 2. The minimum absolute atomic E-state index is 0.308. The number of thiazole rings is 1. The zero-order chi connectivity index (χ0) is 8.81. The van der Waals surface area contributed by atoms with Gasteiger partial charge in [0.05, 0.1) is 0 Å². The van der Waals surface area contributed by atoms with E-state index in [1.165, 1.54) is 0 Å². The second-order valence-corrected chi connectivity index (χ2v) is 3.78. The number of rotatable bonds is 5. The molecule has 1 atom stereocenters. The van der Waals surface area contributed by atoms with E-state index in [1.54, 1.807) is 17.5 Å². The van der Waals surface area contributed by atoms with E-state index in [0.29, 0.717) is 6.04 Å². The molecule has 1 rings (SSSR count). The van der Waals surface area contributed by atoms with E-state index in [0.717, 1.165) is 24.5 Å². The van der Waals surface area contributed by atoms with Gasteiger partial charge in [-0.2, -0.15) is 0 Å². The van der Waals surface area contributed by atoms with Crippen molar-refractivity contribution in [2.24, 2.45) is 5.73 Å². The Morgan fingerprint density at radius 2 is 2.58 bits per heavy atom. The van der Waals surface area contributed by atoms with Crippen LogP contribution in [0.5, 0.6) is 0 Å². The summed E-state index contributed by atoms with van der Waals surface area (Å²) in [6.07, 6.45) is 3.98. The first kappa shape index (κ1) is 9.48. The van der Waals surface area contributed by atoms with Crippen LogP contribution in [-0.4, -0.2) is 17.6 Å². The molecule has 0 radical (unpaired) electrons. The average Bonchev–Trinajstić information content (AvgIpc) is 2.49. The molecule has 0 spiro atoms. The van der Waals surface area contributed by atoms with E-state index < -0.39 is 0 Å². The van der Waals surface area contributed by atoms with Crippen LogP contribution < -0.4 is 11.1 Å². The summed E-state index contributed by atoms with van der Waals surface area (Å²) in [4.78, 5) is 4.11. The van der Waals surface area contributed by atoms with Crippen LogP contribution in [0.3, 0.4) is 0 Å². The Bertz CT molecular complexity index is 196. The fraction of sp³-hybridized carbons (Fsp3) is 0.625. The molecule has 0 amide bonds. The van der Waals surface area contributed by atoms with E-state index in [1.807, 2.05) is 12.3 Å². The van der Waals surface area contributed by atoms with Crippen molar-refractivity contribution < 1.29 is 0 Å². The van der Waals surface area contributed by atoms with Gasteiger partial charge in [-0.15, -0.1) is 11.3 Å². The van der Waals surface area contributed by atoms with Gasteiger partial charge >= 0.3 is 0 Å². The van der Waals surface area contributed by atoms with Crippen LogP contribution in [0, 0.1) is 0 Å². The molecule has 12 heavy (non-hydrogen) atoms. The minimum atomic E-state index is 0.308. The van der Waals surface area contributed by atoms with Crippen LogP contribution >= 0.6 is 11.3 Å². The number of hydrogen-bond acceptors (Lipinski definition) is 4. The molecular weight excluding hydrogens is 170 g/mol. The molecule has 4 heteroatoms. The Kier molecular flexibility index (Phi) is 4.04. The molecule has 0 aliphatic rings. The maximum absolute atomic E-state index is 5.61. The van der Waals surface area contributed by atoms with E-state index >= 15 is 0 Å². The molecule has 0 aromatic carbocycles. The topological polar surface area (TPSA) is 50.9 Å². The van der Waals surface area contributed by atoms with Gasteiger partial charge in [-0.05, 0) is 19.8 Å². The van der Waals surface area contributed by atoms with Crippen molar-refractivity contribution in [3.05, 3.63) is 11.6 Å². The first-order chi connectivity index (χ1) is 5.79. The van der Waals surface area contributed by atoms with Crippen molar-refractivity contribution in [1.29, 1.82) is 0 Å². The van der Waals surface area contributed by atoms with Gasteiger partial charge in [0.1, 0.15) is 0 Å². The number of nitrogens with zero attached hydrogens (tertiary/aromatic N) is 1. The molecule has 0 saturated heterocycles. The molecule has 0 aliphatic carbocycles. The number of aromatic nitrogens is 1. The molecule has 0 bridgehead atoms.